The Bertz CT molecular complexity index is 519. The van der Waals surface area contributed by atoms with E-state index in [-0.39, 0.29) is 22.6 Å². The Labute approximate surface area is 119 Å². The van der Waals surface area contributed by atoms with E-state index in [1.807, 2.05) is 0 Å². The molecule has 3 rings (SSSR count). The maximum absolute atomic E-state index is 12.1. The Balaban J connectivity index is 2.01. The highest BCUT2D eigenvalue weighted by molar-refractivity contribution is 5.93. The lowest BCUT2D eigenvalue weighted by Gasteiger charge is -2.43. The summed E-state index contributed by atoms with van der Waals surface area (Å²) in [4.78, 5) is 23.3. The zero-order valence-electron chi connectivity index (χ0n) is 12.6. The van der Waals surface area contributed by atoms with Crippen LogP contribution in [-0.2, 0) is 19.1 Å². The number of hydrogen-bond acceptors (Lipinski definition) is 4. The number of rotatable bonds is 1. The smallest absolute Gasteiger partial charge is 0.304 e. The minimum atomic E-state index is -0.527. The molecule has 0 aromatic carbocycles. The summed E-state index contributed by atoms with van der Waals surface area (Å²) in [7, 11) is 0. The number of ketones is 1. The van der Waals surface area contributed by atoms with E-state index in [2.05, 4.69) is 20.8 Å². The lowest BCUT2D eigenvalue weighted by molar-refractivity contribution is -0.184. The molecule has 0 amide bonds. The number of hydrogen-bond donors (Lipinski definition) is 0. The Kier molecular flexibility index (Phi) is 2.72. The molecular weight excluding hydrogens is 256 g/mol. The third-order valence-corrected chi connectivity index (χ3v) is 5.04. The van der Waals surface area contributed by atoms with E-state index in [0.717, 1.165) is 18.4 Å². The lowest BCUT2D eigenvalue weighted by atomic mass is 9.63. The van der Waals surface area contributed by atoms with Crippen LogP contribution in [0.5, 0.6) is 0 Å². The molecule has 0 aromatic rings. The van der Waals surface area contributed by atoms with Crippen molar-refractivity contribution in [1.82, 2.24) is 0 Å². The second-order valence-corrected chi connectivity index (χ2v) is 7.58. The van der Waals surface area contributed by atoms with Gasteiger partial charge in [-0.3, -0.25) is 9.59 Å². The largest absolute Gasteiger partial charge is 0.436 e. The van der Waals surface area contributed by atoms with E-state index in [0.29, 0.717) is 12.8 Å². The molecular formula is C16H22O4. The highest BCUT2D eigenvalue weighted by Crippen LogP contribution is 2.65. The summed E-state index contributed by atoms with van der Waals surface area (Å²) in [6, 6.07) is 0. The van der Waals surface area contributed by atoms with Crippen molar-refractivity contribution in [2.75, 3.05) is 0 Å². The molecule has 4 heteroatoms. The van der Waals surface area contributed by atoms with E-state index < -0.39 is 11.9 Å². The minimum Gasteiger partial charge on any atom is -0.436 e. The average Bonchev–Trinajstić information content (AvgIpc) is 2.61. The van der Waals surface area contributed by atoms with Crippen LogP contribution in [0.15, 0.2) is 11.6 Å². The topological polar surface area (TPSA) is 52.6 Å². The molecule has 1 saturated heterocycles. The van der Waals surface area contributed by atoms with Crippen LogP contribution < -0.4 is 0 Å². The fraction of sp³-hybridized carbons (Fsp3) is 0.750. The normalized spacial score (nSPS) is 41.9. The summed E-state index contributed by atoms with van der Waals surface area (Å²) < 4.78 is 11.5. The fourth-order valence-electron chi connectivity index (χ4n) is 4.43. The van der Waals surface area contributed by atoms with Gasteiger partial charge in [-0.05, 0) is 29.9 Å². The van der Waals surface area contributed by atoms with Crippen LogP contribution in [0.3, 0.4) is 0 Å². The van der Waals surface area contributed by atoms with Gasteiger partial charge in [0.2, 0.25) is 6.29 Å². The second kappa shape index (κ2) is 3.94. The molecule has 0 radical (unpaired) electrons. The van der Waals surface area contributed by atoms with Crippen molar-refractivity contribution < 1.29 is 19.1 Å². The third kappa shape index (κ3) is 1.85. The van der Waals surface area contributed by atoms with Gasteiger partial charge in [-0.25, -0.2) is 0 Å². The first-order valence-corrected chi connectivity index (χ1v) is 7.25. The maximum Gasteiger partial charge on any atom is 0.304 e. The fourth-order valence-corrected chi connectivity index (χ4v) is 4.43. The Morgan fingerprint density at radius 3 is 2.70 bits per heavy atom. The van der Waals surface area contributed by atoms with Crippen LogP contribution in [-0.4, -0.2) is 23.6 Å². The van der Waals surface area contributed by atoms with Gasteiger partial charge in [-0.1, -0.05) is 20.8 Å². The predicted molar refractivity (Wildman–Crippen MR) is 72.8 cm³/mol. The number of carbonyl (C=O) groups excluding carboxylic acids is 2. The monoisotopic (exact) mass is 278 g/mol. The Hall–Kier alpha value is -1.16. The summed E-state index contributed by atoms with van der Waals surface area (Å²) in [5.41, 5.74) is 0.519. The minimum absolute atomic E-state index is 0.114. The SMILES string of the molecule is CC(=O)O[C@H]1C[C@@]2(C)CC(=O)C=C3CC(C)(C)C[C@@]32O1. The maximum atomic E-state index is 12.1. The van der Waals surface area contributed by atoms with Crippen LogP contribution in [0.1, 0.15) is 53.4 Å². The average molecular weight is 278 g/mol. The molecule has 3 atom stereocenters. The standard InChI is InChI=1S/C16H22O4/c1-10(17)19-13-8-15(4)7-12(18)5-11-6-14(2,3)9-16(11,15)20-13/h5,13H,6-9H2,1-4H3/t13-,15-,16-/m1/s1. The molecule has 1 heterocycles. The molecule has 0 unspecified atom stereocenters. The summed E-state index contributed by atoms with van der Waals surface area (Å²) in [5.74, 6) is -0.161. The quantitative estimate of drug-likeness (QED) is 0.692. The van der Waals surface area contributed by atoms with E-state index in [1.54, 1.807) is 6.08 Å². The van der Waals surface area contributed by atoms with Gasteiger partial charge in [-0.2, -0.15) is 0 Å². The summed E-state index contributed by atoms with van der Waals surface area (Å²) in [5, 5.41) is 0. The molecule has 20 heavy (non-hydrogen) atoms. The van der Waals surface area contributed by atoms with Crippen molar-refractivity contribution in [2.24, 2.45) is 10.8 Å². The number of ether oxygens (including phenoxy) is 2. The summed E-state index contributed by atoms with van der Waals surface area (Å²) in [6.07, 6.45) is 4.08. The van der Waals surface area contributed by atoms with Crippen LogP contribution in [0.2, 0.25) is 0 Å². The van der Waals surface area contributed by atoms with Crippen molar-refractivity contribution in [1.29, 1.82) is 0 Å². The first-order chi connectivity index (χ1) is 9.16. The number of allylic oxidation sites excluding steroid dienone is 1. The van der Waals surface area contributed by atoms with Crippen LogP contribution in [0.25, 0.3) is 0 Å². The molecule has 1 saturated carbocycles. The third-order valence-electron chi connectivity index (χ3n) is 5.04. The molecule has 2 fully saturated rings. The van der Waals surface area contributed by atoms with E-state index in [4.69, 9.17) is 9.47 Å². The van der Waals surface area contributed by atoms with Gasteiger partial charge in [0, 0.05) is 25.2 Å². The highest BCUT2D eigenvalue weighted by atomic mass is 16.7. The van der Waals surface area contributed by atoms with Crippen LogP contribution >= 0.6 is 0 Å². The van der Waals surface area contributed by atoms with E-state index in [9.17, 15) is 9.59 Å². The Morgan fingerprint density at radius 1 is 1.35 bits per heavy atom. The first-order valence-electron chi connectivity index (χ1n) is 7.25. The lowest BCUT2D eigenvalue weighted by Crippen LogP contribution is -2.46. The van der Waals surface area contributed by atoms with Crippen molar-refractivity contribution in [3.8, 4) is 0 Å². The van der Waals surface area contributed by atoms with E-state index >= 15 is 0 Å². The molecule has 0 aromatic heterocycles. The highest BCUT2D eigenvalue weighted by Gasteiger charge is 2.66. The van der Waals surface area contributed by atoms with Gasteiger partial charge in [0.25, 0.3) is 0 Å². The van der Waals surface area contributed by atoms with Crippen molar-refractivity contribution in [2.45, 2.75) is 65.3 Å². The summed E-state index contributed by atoms with van der Waals surface area (Å²) >= 11 is 0. The molecule has 1 aliphatic heterocycles. The molecule has 4 nitrogen and oxygen atoms in total. The van der Waals surface area contributed by atoms with Crippen molar-refractivity contribution in [3.05, 3.63) is 11.6 Å². The molecule has 0 N–H and O–H groups in total. The van der Waals surface area contributed by atoms with E-state index in [1.165, 1.54) is 6.92 Å². The van der Waals surface area contributed by atoms with Crippen molar-refractivity contribution >= 4 is 11.8 Å². The van der Waals surface area contributed by atoms with Gasteiger partial charge in [0.05, 0.1) is 0 Å². The van der Waals surface area contributed by atoms with Crippen LogP contribution in [0, 0.1) is 10.8 Å². The summed E-state index contributed by atoms with van der Waals surface area (Å²) in [6.45, 7) is 7.90. The van der Waals surface area contributed by atoms with Gasteiger partial charge in [-0.15, -0.1) is 0 Å². The molecule has 1 spiro atoms. The predicted octanol–water partition coefficient (Wildman–Crippen LogP) is 2.76. The van der Waals surface area contributed by atoms with Gasteiger partial charge in [0.15, 0.2) is 5.78 Å². The van der Waals surface area contributed by atoms with Gasteiger partial charge < -0.3 is 9.47 Å². The molecule has 3 aliphatic rings. The second-order valence-electron chi connectivity index (χ2n) is 7.58. The Morgan fingerprint density at radius 2 is 2.05 bits per heavy atom. The first kappa shape index (κ1) is 13.8. The van der Waals surface area contributed by atoms with Gasteiger partial charge >= 0.3 is 5.97 Å². The number of carbonyl (C=O) groups is 2. The number of esters is 1. The van der Waals surface area contributed by atoms with Gasteiger partial charge in [0.1, 0.15) is 5.60 Å². The molecule has 0 bridgehead atoms. The van der Waals surface area contributed by atoms with Crippen LogP contribution in [0.4, 0.5) is 0 Å². The zero-order valence-corrected chi connectivity index (χ0v) is 12.6. The molecule has 110 valence electrons. The molecule has 2 aliphatic carbocycles. The van der Waals surface area contributed by atoms with Crippen molar-refractivity contribution in [3.63, 3.8) is 0 Å². The zero-order chi connectivity index (χ0) is 14.8.